The maximum atomic E-state index is 11.8. The van der Waals surface area contributed by atoms with Crippen molar-refractivity contribution in [1.29, 1.82) is 0 Å². The average molecular weight is 363 g/mol. The molecule has 0 bridgehead atoms. The summed E-state index contributed by atoms with van der Waals surface area (Å²) in [6.07, 6.45) is 0.784. The maximum absolute atomic E-state index is 11.8. The van der Waals surface area contributed by atoms with Crippen LogP contribution in [0.15, 0.2) is 24.3 Å². The van der Waals surface area contributed by atoms with E-state index in [0.717, 1.165) is 44.9 Å². The summed E-state index contributed by atoms with van der Waals surface area (Å²) in [6, 6.07) is 8.14. The fraction of sp³-hybridized carbons (Fsp3) is 0.650. The van der Waals surface area contributed by atoms with Gasteiger partial charge in [0.2, 0.25) is 0 Å². The Morgan fingerprint density at radius 1 is 1.12 bits per heavy atom. The third kappa shape index (κ3) is 7.62. The van der Waals surface area contributed by atoms with Crippen molar-refractivity contribution in [2.24, 2.45) is 0 Å². The first kappa shape index (κ1) is 20.5. The monoisotopic (exact) mass is 362 g/mol. The number of nitrogens with zero attached hydrogens (tertiary/aromatic N) is 1. The molecule has 1 aromatic carbocycles. The van der Waals surface area contributed by atoms with Crippen LogP contribution >= 0.6 is 0 Å². The number of hydrogen-bond donors (Lipinski definition) is 3. The van der Waals surface area contributed by atoms with Crippen molar-refractivity contribution in [3.63, 3.8) is 0 Å². The van der Waals surface area contributed by atoms with Crippen molar-refractivity contribution in [3.8, 4) is 5.75 Å². The smallest absolute Gasteiger partial charge is 0.314 e. The second kappa shape index (κ2) is 10.4. The number of urea groups is 1. The second-order valence-electron chi connectivity index (χ2n) is 7.75. The molecular weight excluding hydrogens is 328 g/mol. The summed E-state index contributed by atoms with van der Waals surface area (Å²) in [5, 5.41) is 9.10. The molecule has 1 heterocycles. The molecule has 0 radical (unpaired) electrons. The topological polar surface area (TPSA) is 65.6 Å². The van der Waals surface area contributed by atoms with E-state index in [1.807, 2.05) is 12.1 Å². The Morgan fingerprint density at radius 2 is 1.77 bits per heavy atom. The van der Waals surface area contributed by atoms with Gasteiger partial charge in [0.25, 0.3) is 0 Å². The fourth-order valence-electron chi connectivity index (χ4n) is 2.84. The number of piperazine rings is 1. The fourth-order valence-corrected chi connectivity index (χ4v) is 2.84. The van der Waals surface area contributed by atoms with E-state index in [2.05, 4.69) is 53.8 Å². The van der Waals surface area contributed by atoms with Gasteiger partial charge >= 0.3 is 6.03 Å². The third-order valence-corrected chi connectivity index (χ3v) is 4.52. The van der Waals surface area contributed by atoms with E-state index >= 15 is 0 Å². The number of ether oxygens (including phenoxy) is 1. The summed E-state index contributed by atoms with van der Waals surface area (Å²) in [6.45, 7) is 13.6. The Hall–Kier alpha value is -1.79. The Kier molecular flexibility index (Phi) is 8.19. The number of rotatable bonds is 8. The van der Waals surface area contributed by atoms with Gasteiger partial charge in [0, 0.05) is 45.8 Å². The minimum atomic E-state index is -0.102. The van der Waals surface area contributed by atoms with Crippen LogP contribution in [0.5, 0.6) is 5.75 Å². The highest BCUT2D eigenvalue weighted by atomic mass is 16.5. The summed E-state index contributed by atoms with van der Waals surface area (Å²) in [4.78, 5) is 14.1. The van der Waals surface area contributed by atoms with E-state index in [9.17, 15) is 4.79 Å². The van der Waals surface area contributed by atoms with Gasteiger partial charge in [0.05, 0.1) is 6.61 Å². The predicted molar refractivity (Wildman–Crippen MR) is 106 cm³/mol. The Bertz CT molecular complexity index is 534. The largest absolute Gasteiger partial charge is 0.494 e. The number of benzene rings is 1. The van der Waals surface area contributed by atoms with Crippen molar-refractivity contribution in [2.75, 3.05) is 52.4 Å². The summed E-state index contributed by atoms with van der Waals surface area (Å²) in [5.41, 5.74) is 1.45. The standard InChI is InChI=1S/C20H34N4O2/c1-20(2,3)17-5-7-18(8-6-17)26-16-4-9-22-19(25)23-12-15-24-13-10-21-11-14-24/h5-8,21H,4,9-16H2,1-3H3,(H2,22,23,25). The SMILES string of the molecule is CC(C)(C)c1ccc(OCCCNC(=O)NCCN2CCNCC2)cc1. The molecule has 2 rings (SSSR count). The molecule has 0 saturated carbocycles. The number of carbonyl (C=O) groups is 1. The molecular formula is C20H34N4O2. The quantitative estimate of drug-likeness (QED) is 0.619. The highest BCUT2D eigenvalue weighted by Crippen LogP contribution is 2.24. The average Bonchev–Trinajstić information content (AvgIpc) is 2.62. The normalized spacial score (nSPS) is 15.5. The van der Waals surface area contributed by atoms with Crippen LogP contribution in [-0.2, 0) is 5.41 Å². The second-order valence-corrected chi connectivity index (χ2v) is 7.75. The van der Waals surface area contributed by atoms with Crippen LogP contribution in [0.25, 0.3) is 0 Å². The zero-order valence-electron chi connectivity index (χ0n) is 16.4. The minimum absolute atomic E-state index is 0.102. The summed E-state index contributed by atoms with van der Waals surface area (Å²) in [7, 11) is 0. The van der Waals surface area contributed by atoms with Crippen LogP contribution in [0.3, 0.4) is 0 Å². The molecule has 26 heavy (non-hydrogen) atoms. The predicted octanol–water partition coefficient (Wildman–Crippen LogP) is 1.96. The van der Waals surface area contributed by atoms with Crippen LogP contribution in [0, 0.1) is 0 Å². The van der Waals surface area contributed by atoms with Crippen LogP contribution in [-0.4, -0.2) is 63.4 Å². The summed E-state index contributed by atoms with van der Waals surface area (Å²) >= 11 is 0. The first-order valence-electron chi connectivity index (χ1n) is 9.63. The zero-order valence-corrected chi connectivity index (χ0v) is 16.4. The lowest BCUT2D eigenvalue weighted by Crippen LogP contribution is -2.47. The molecule has 6 nitrogen and oxygen atoms in total. The van der Waals surface area contributed by atoms with Gasteiger partial charge in [0.1, 0.15) is 5.75 Å². The molecule has 1 aliphatic heterocycles. The lowest BCUT2D eigenvalue weighted by Gasteiger charge is -2.27. The maximum Gasteiger partial charge on any atom is 0.314 e. The van der Waals surface area contributed by atoms with E-state index < -0.39 is 0 Å². The van der Waals surface area contributed by atoms with Gasteiger partial charge in [-0.3, -0.25) is 4.90 Å². The third-order valence-electron chi connectivity index (χ3n) is 4.52. The molecule has 0 aromatic heterocycles. The number of carbonyl (C=O) groups excluding carboxylic acids is 1. The zero-order chi connectivity index (χ0) is 18.8. The highest BCUT2D eigenvalue weighted by Gasteiger charge is 2.13. The van der Waals surface area contributed by atoms with E-state index in [1.165, 1.54) is 5.56 Å². The first-order chi connectivity index (χ1) is 12.4. The molecule has 0 unspecified atom stereocenters. The van der Waals surface area contributed by atoms with Gasteiger partial charge < -0.3 is 20.7 Å². The number of nitrogens with one attached hydrogen (secondary N) is 3. The van der Waals surface area contributed by atoms with Gasteiger partial charge in [-0.25, -0.2) is 4.79 Å². The van der Waals surface area contributed by atoms with Gasteiger partial charge in [-0.05, 0) is 29.5 Å². The van der Waals surface area contributed by atoms with Crippen LogP contribution in [0.2, 0.25) is 0 Å². The molecule has 1 aromatic rings. The van der Waals surface area contributed by atoms with Crippen LogP contribution in [0.1, 0.15) is 32.8 Å². The lowest BCUT2D eigenvalue weighted by atomic mass is 9.87. The number of hydrogen-bond acceptors (Lipinski definition) is 4. The molecule has 3 N–H and O–H groups in total. The van der Waals surface area contributed by atoms with Gasteiger partial charge in [-0.2, -0.15) is 0 Å². The summed E-state index contributed by atoms with van der Waals surface area (Å²) < 4.78 is 5.73. The van der Waals surface area contributed by atoms with E-state index in [0.29, 0.717) is 19.7 Å². The van der Waals surface area contributed by atoms with E-state index in [4.69, 9.17) is 4.74 Å². The molecule has 6 heteroatoms. The Morgan fingerprint density at radius 3 is 2.42 bits per heavy atom. The molecule has 1 fully saturated rings. The van der Waals surface area contributed by atoms with Crippen molar-refractivity contribution in [1.82, 2.24) is 20.9 Å². The molecule has 0 aliphatic carbocycles. The van der Waals surface area contributed by atoms with Crippen LogP contribution < -0.4 is 20.7 Å². The van der Waals surface area contributed by atoms with E-state index in [1.54, 1.807) is 0 Å². The molecule has 1 aliphatic rings. The first-order valence-corrected chi connectivity index (χ1v) is 9.63. The molecule has 146 valence electrons. The Labute approximate surface area is 157 Å². The summed E-state index contributed by atoms with van der Waals surface area (Å²) in [5.74, 6) is 0.874. The lowest BCUT2D eigenvalue weighted by molar-refractivity contribution is 0.226. The Balaban J connectivity index is 1.51. The van der Waals surface area contributed by atoms with Gasteiger partial charge in [0.15, 0.2) is 0 Å². The molecule has 0 atom stereocenters. The highest BCUT2D eigenvalue weighted by molar-refractivity contribution is 5.73. The van der Waals surface area contributed by atoms with Crippen molar-refractivity contribution in [2.45, 2.75) is 32.6 Å². The van der Waals surface area contributed by atoms with Crippen molar-refractivity contribution < 1.29 is 9.53 Å². The van der Waals surface area contributed by atoms with Crippen LogP contribution in [0.4, 0.5) is 4.79 Å². The van der Waals surface area contributed by atoms with Gasteiger partial charge in [-0.15, -0.1) is 0 Å². The molecule has 2 amide bonds. The van der Waals surface area contributed by atoms with Crippen molar-refractivity contribution in [3.05, 3.63) is 29.8 Å². The molecule has 1 saturated heterocycles. The molecule has 0 spiro atoms. The van der Waals surface area contributed by atoms with E-state index in [-0.39, 0.29) is 11.4 Å². The van der Waals surface area contributed by atoms with Crippen molar-refractivity contribution >= 4 is 6.03 Å². The minimum Gasteiger partial charge on any atom is -0.494 e. The number of amides is 2. The van der Waals surface area contributed by atoms with Gasteiger partial charge in [-0.1, -0.05) is 32.9 Å².